The van der Waals surface area contributed by atoms with Crippen LogP contribution in [-0.4, -0.2) is 41.7 Å². The van der Waals surface area contributed by atoms with Crippen LogP contribution in [-0.2, 0) is 9.53 Å². The highest BCUT2D eigenvalue weighted by Gasteiger charge is 2.31. The molecule has 0 bridgehead atoms. The van der Waals surface area contributed by atoms with Crippen molar-refractivity contribution in [3.05, 3.63) is 17.0 Å². The Morgan fingerprint density at radius 2 is 2.47 bits per heavy atom. The van der Waals surface area contributed by atoms with Crippen LogP contribution in [0.5, 0.6) is 5.88 Å². The van der Waals surface area contributed by atoms with E-state index in [1.165, 1.54) is 13.4 Å². The van der Waals surface area contributed by atoms with Gasteiger partial charge in [-0.1, -0.05) is 0 Å². The van der Waals surface area contributed by atoms with Gasteiger partial charge in [0.25, 0.3) is 0 Å². The molecule has 1 N–H and O–H groups in total. The van der Waals surface area contributed by atoms with Crippen molar-refractivity contribution in [2.45, 2.75) is 18.6 Å². The first kappa shape index (κ1) is 12.3. The first-order valence-electron chi connectivity index (χ1n) is 5.14. The van der Waals surface area contributed by atoms with Crippen molar-refractivity contribution >= 4 is 21.9 Å². The minimum absolute atomic E-state index is 0.0923. The second-order valence-corrected chi connectivity index (χ2v) is 4.49. The van der Waals surface area contributed by atoms with E-state index in [2.05, 4.69) is 36.0 Å². The van der Waals surface area contributed by atoms with Crippen LogP contribution >= 0.6 is 15.9 Å². The number of methoxy groups -OCH3 is 1. The Bertz CT molecular complexity index is 416. The Kier molecular flexibility index (Phi) is 3.90. The number of carbonyl (C=O) groups excluding carboxylic acids is 1. The van der Waals surface area contributed by atoms with Gasteiger partial charge in [0, 0.05) is 19.2 Å². The summed E-state index contributed by atoms with van der Waals surface area (Å²) in [5.41, 5.74) is 0. The summed E-state index contributed by atoms with van der Waals surface area (Å²) in [5.74, 6) is 0.218. The van der Waals surface area contributed by atoms with E-state index in [4.69, 9.17) is 4.74 Å². The summed E-state index contributed by atoms with van der Waals surface area (Å²) >= 11 is 3.30. The molecule has 0 aliphatic carbocycles. The largest absolute Gasteiger partial charge is 0.472 e. The van der Waals surface area contributed by atoms with Crippen molar-refractivity contribution in [2.75, 3.05) is 13.7 Å². The lowest BCUT2D eigenvalue weighted by molar-refractivity contribution is -0.142. The molecule has 17 heavy (non-hydrogen) atoms. The number of carbonyl (C=O) groups is 1. The van der Waals surface area contributed by atoms with E-state index in [0.717, 1.165) is 0 Å². The molecule has 1 aromatic heterocycles. The summed E-state index contributed by atoms with van der Waals surface area (Å²) in [6.45, 7) is 0.593. The molecule has 1 fully saturated rings. The zero-order valence-electron chi connectivity index (χ0n) is 9.22. The van der Waals surface area contributed by atoms with Gasteiger partial charge in [-0.25, -0.2) is 9.97 Å². The van der Waals surface area contributed by atoms with Crippen molar-refractivity contribution < 1.29 is 14.3 Å². The Hall–Kier alpha value is -1.21. The molecule has 7 heteroatoms. The molecule has 1 aliphatic heterocycles. The fraction of sp³-hybridized carbons (Fsp3) is 0.500. The van der Waals surface area contributed by atoms with Gasteiger partial charge < -0.3 is 14.8 Å². The van der Waals surface area contributed by atoms with Crippen LogP contribution in [0, 0.1) is 0 Å². The molecule has 0 amide bonds. The van der Waals surface area contributed by atoms with E-state index in [0.29, 0.717) is 23.3 Å². The molecular weight excluding hydrogens is 290 g/mol. The second-order valence-electron chi connectivity index (χ2n) is 3.64. The van der Waals surface area contributed by atoms with Gasteiger partial charge in [0.2, 0.25) is 5.88 Å². The average molecular weight is 302 g/mol. The molecule has 1 aromatic rings. The van der Waals surface area contributed by atoms with Gasteiger partial charge in [0.05, 0.1) is 11.6 Å². The number of nitrogens with one attached hydrogen (secondary N) is 1. The summed E-state index contributed by atoms with van der Waals surface area (Å²) in [4.78, 5) is 19.2. The van der Waals surface area contributed by atoms with Gasteiger partial charge in [-0.15, -0.1) is 0 Å². The van der Waals surface area contributed by atoms with Crippen molar-refractivity contribution in [3.63, 3.8) is 0 Å². The number of rotatable bonds is 3. The van der Waals surface area contributed by atoms with Gasteiger partial charge >= 0.3 is 5.97 Å². The summed E-state index contributed by atoms with van der Waals surface area (Å²) in [6, 6.07) is -0.300. The second kappa shape index (κ2) is 5.42. The minimum atomic E-state index is -0.300. The first-order valence-corrected chi connectivity index (χ1v) is 5.93. The maximum Gasteiger partial charge on any atom is 0.323 e. The lowest BCUT2D eigenvalue weighted by Crippen LogP contribution is -2.31. The number of nitrogens with zero attached hydrogens (tertiary/aromatic N) is 2. The monoisotopic (exact) mass is 301 g/mol. The molecule has 92 valence electrons. The quantitative estimate of drug-likeness (QED) is 0.821. The van der Waals surface area contributed by atoms with Crippen LogP contribution < -0.4 is 10.1 Å². The number of aromatic nitrogens is 2. The zero-order chi connectivity index (χ0) is 12.3. The van der Waals surface area contributed by atoms with Gasteiger partial charge in [-0.3, -0.25) is 4.79 Å². The zero-order valence-corrected chi connectivity index (χ0v) is 10.8. The molecule has 0 spiro atoms. The molecule has 1 aliphatic rings. The van der Waals surface area contributed by atoms with Gasteiger partial charge in [0.1, 0.15) is 18.5 Å². The molecule has 1 saturated heterocycles. The van der Waals surface area contributed by atoms with Crippen molar-refractivity contribution in [2.24, 2.45) is 0 Å². The van der Waals surface area contributed by atoms with Crippen LogP contribution in [0.4, 0.5) is 0 Å². The first-order chi connectivity index (χ1) is 8.20. The molecule has 0 aromatic carbocycles. The highest BCUT2D eigenvalue weighted by molar-refractivity contribution is 9.10. The highest BCUT2D eigenvalue weighted by Crippen LogP contribution is 2.23. The molecule has 0 radical (unpaired) electrons. The third-order valence-corrected chi connectivity index (χ3v) is 3.03. The van der Waals surface area contributed by atoms with Crippen molar-refractivity contribution in [1.29, 1.82) is 0 Å². The standard InChI is InChI=1S/C10H12BrN3O3/c1-16-10(15)8-2-6(3-13-8)17-9-7(11)4-12-5-14-9/h4-6,8,13H,2-3H2,1H3. The number of hydrogen-bond acceptors (Lipinski definition) is 6. The normalized spacial score (nSPS) is 23.4. The summed E-state index contributed by atoms with van der Waals surface area (Å²) in [5, 5.41) is 3.04. The number of halogens is 1. The van der Waals surface area contributed by atoms with Crippen LogP contribution in [0.3, 0.4) is 0 Å². The Labute approximate surface area is 107 Å². The van der Waals surface area contributed by atoms with Gasteiger partial charge in [-0.2, -0.15) is 0 Å². The minimum Gasteiger partial charge on any atom is -0.472 e. The van der Waals surface area contributed by atoms with Crippen LogP contribution in [0.15, 0.2) is 17.0 Å². The van der Waals surface area contributed by atoms with Crippen LogP contribution in [0.2, 0.25) is 0 Å². The van der Waals surface area contributed by atoms with E-state index in [9.17, 15) is 4.79 Å². The highest BCUT2D eigenvalue weighted by atomic mass is 79.9. The third kappa shape index (κ3) is 2.92. The Balaban J connectivity index is 1.94. The molecule has 2 unspecified atom stereocenters. The fourth-order valence-corrected chi connectivity index (χ4v) is 1.97. The smallest absolute Gasteiger partial charge is 0.323 e. The lowest BCUT2D eigenvalue weighted by Gasteiger charge is -2.12. The summed E-state index contributed by atoms with van der Waals surface area (Å²) in [7, 11) is 1.37. The summed E-state index contributed by atoms with van der Waals surface area (Å²) < 4.78 is 11.0. The molecule has 2 heterocycles. The lowest BCUT2D eigenvalue weighted by atomic mass is 10.2. The SMILES string of the molecule is COC(=O)C1CC(Oc2ncncc2Br)CN1. The predicted octanol–water partition coefficient (Wildman–Crippen LogP) is 0.521. The molecule has 2 rings (SSSR count). The molecule has 2 atom stereocenters. The van der Waals surface area contributed by atoms with E-state index >= 15 is 0 Å². The van der Waals surface area contributed by atoms with Crippen molar-refractivity contribution in [1.82, 2.24) is 15.3 Å². The van der Waals surface area contributed by atoms with Crippen LogP contribution in [0.1, 0.15) is 6.42 Å². The fourth-order valence-electron chi connectivity index (χ4n) is 1.66. The topological polar surface area (TPSA) is 73.3 Å². The third-order valence-electron chi connectivity index (χ3n) is 2.49. The van der Waals surface area contributed by atoms with Gasteiger partial charge in [0.15, 0.2) is 0 Å². The van der Waals surface area contributed by atoms with Crippen LogP contribution in [0.25, 0.3) is 0 Å². The van der Waals surface area contributed by atoms with E-state index < -0.39 is 0 Å². The number of ether oxygens (including phenoxy) is 2. The maximum absolute atomic E-state index is 11.3. The Morgan fingerprint density at radius 3 is 3.18 bits per heavy atom. The van der Waals surface area contributed by atoms with Crippen molar-refractivity contribution in [3.8, 4) is 5.88 Å². The predicted molar refractivity (Wildman–Crippen MR) is 62.6 cm³/mol. The van der Waals surface area contributed by atoms with Gasteiger partial charge in [-0.05, 0) is 15.9 Å². The molecule has 0 saturated carbocycles. The van der Waals surface area contributed by atoms with E-state index in [-0.39, 0.29) is 18.1 Å². The molecule has 6 nitrogen and oxygen atoms in total. The maximum atomic E-state index is 11.3. The van der Waals surface area contributed by atoms with E-state index in [1.54, 1.807) is 6.20 Å². The molecular formula is C10H12BrN3O3. The Morgan fingerprint density at radius 1 is 1.65 bits per heavy atom. The average Bonchev–Trinajstić information content (AvgIpc) is 2.80. The number of hydrogen-bond donors (Lipinski definition) is 1. The van der Waals surface area contributed by atoms with E-state index in [1.807, 2.05) is 0 Å². The number of esters is 1. The summed E-state index contributed by atoms with van der Waals surface area (Å²) in [6.07, 6.45) is 3.51.